The average Bonchev–Trinajstić information content (AvgIpc) is 1.95. The molecule has 0 bridgehead atoms. The predicted octanol–water partition coefficient (Wildman–Crippen LogP) is 1.72. The number of halogens is 1. The molecular weight excluding hydrogens is 148 g/mol. The Morgan fingerprint density at radius 3 is 3.00 bits per heavy atom. The zero-order valence-electron chi connectivity index (χ0n) is 5.35. The van der Waals surface area contributed by atoms with E-state index in [9.17, 15) is 0 Å². The number of aromatic nitrogens is 1. The third-order valence-corrected chi connectivity index (χ3v) is 1.46. The molecule has 3 heteroatoms. The maximum Gasteiger partial charge on any atom is 0.108 e. The molecular formula is C7H4ClN2. The zero-order chi connectivity index (χ0) is 7.56. The summed E-state index contributed by atoms with van der Waals surface area (Å²) in [7, 11) is 0. The molecule has 10 heavy (non-hydrogen) atoms. The van der Waals surface area contributed by atoms with Crippen LogP contribution in [0.4, 0.5) is 0 Å². The predicted molar refractivity (Wildman–Crippen MR) is 37.5 cm³/mol. The fraction of sp³-hybridized carbons (Fsp3) is 0.143. The van der Waals surface area contributed by atoms with Crippen molar-refractivity contribution < 1.29 is 0 Å². The molecule has 0 amide bonds. The number of nitriles is 1. The highest BCUT2D eigenvalue weighted by molar-refractivity contribution is 6.31. The second kappa shape index (κ2) is 2.68. The lowest BCUT2D eigenvalue weighted by atomic mass is 10.3. The number of hydrogen-bond donors (Lipinski definition) is 0. The molecule has 0 aliphatic heterocycles. The van der Waals surface area contributed by atoms with E-state index in [1.54, 1.807) is 13.0 Å². The van der Waals surface area contributed by atoms with Crippen molar-refractivity contribution in [3.05, 3.63) is 28.5 Å². The van der Waals surface area contributed by atoms with E-state index < -0.39 is 0 Å². The first-order valence-electron chi connectivity index (χ1n) is 2.69. The van der Waals surface area contributed by atoms with E-state index in [2.05, 4.69) is 11.2 Å². The number of rotatable bonds is 0. The summed E-state index contributed by atoms with van der Waals surface area (Å²) in [5, 5.41) is 8.88. The lowest BCUT2D eigenvalue weighted by Crippen LogP contribution is -1.84. The van der Waals surface area contributed by atoms with Crippen LogP contribution >= 0.6 is 11.6 Å². The van der Waals surface area contributed by atoms with Gasteiger partial charge in [-0.1, -0.05) is 11.6 Å². The molecule has 2 nitrogen and oxygen atoms in total. The Labute approximate surface area is 64.1 Å². The van der Waals surface area contributed by atoms with Gasteiger partial charge in [-0.25, -0.2) is 4.98 Å². The van der Waals surface area contributed by atoms with Crippen molar-refractivity contribution in [1.29, 1.82) is 5.26 Å². The largest absolute Gasteiger partial charge is 0.248 e. The smallest absolute Gasteiger partial charge is 0.108 e. The van der Waals surface area contributed by atoms with Crippen molar-refractivity contribution in [3.63, 3.8) is 0 Å². The highest BCUT2D eigenvalue weighted by atomic mass is 35.5. The summed E-state index contributed by atoms with van der Waals surface area (Å²) in [6, 6.07) is 3.44. The number of aryl methyl sites for hydroxylation is 1. The zero-order valence-corrected chi connectivity index (χ0v) is 6.11. The second-order valence-corrected chi connectivity index (χ2v) is 2.23. The van der Waals surface area contributed by atoms with Crippen LogP contribution in [-0.2, 0) is 0 Å². The molecule has 0 saturated carbocycles. The Bertz CT molecular complexity index is 288. The summed E-state index contributed by atoms with van der Waals surface area (Å²) < 4.78 is 0. The minimum atomic E-state index is 0.371. The molecule has 1 radical (unpaired) electrons. The Kier molecular flexibility index (Phi) is 1.88. The van der Waals surface area contributed by atoms with Crippen molar-refractivity contribution in [2.24, 2.45) is 0 Å². The van der Waals surface area contributed by atoms with Gasteiger partial charge >= 0.3 is 0 Å². The number of hydrogen-bond acceptors (Lipinski definition) is 2. The molecule has 1 aromatic rings. The van der Waals surface area contributed by atoms with Crippen LogP contribution in [0, 0.1) is 24.5 Å². The Morgan fingerprint density at radius 1 is 1.80 bits per heavy atom. The fourth-order valence-electron chi connectivity index (χ4n) is 0.518. The molecule has 1 rings (SSSR count). The number of pyridine rings is 1. The highest BCUT2D eigenvalue weighted by Crippen LogP contribution is 2.12. The van der Waals surface area contributed by atoms with Gasteiger partial charge in [0.25, 0.3) is 0 Å². The summed E-state index contributed by atoms with van der Waals surface area (Å²) >= 11 is 5.66. The monoisotopic (exact) mass is 151 g/mol. The van der Waals surface area contributed by atoms with Crippen molar-refractivity contribution in [1.82, 2.24) is 4.98 Å². The van der Waals surface area contributed by atoms with Gasteiger partial charge in [-0.2, -0.15) is 5.26 Å². The highest BCUT2D eigenvalue weighted by Gasteiger charge is 1.96. The van der Waals surface area contributed by atoms with Gasteiger partial charge in [0.15, 0.2) is 0 Å². The van der Waals surface area contributed by atoms with Crippen LogP contribution in [0.15, 0.2) is 6.07 Å². The molecule has 0 fully saturated rings. The van der Waals surface area contributed by atoms with Crippen LogP contribution < -0.4 is 0 Å². The van der Waals surface area contributed by atoms with Gasteiger partial charge < -0.3 is 0 Å². The van der Waals surface area contributed by atoms with E-state index in [4.69, 9.17) is 16.9 Å². The van der Waals surface area contributed by atoms with E-state index in [0.29, 0.717) is 16.3 Å². The van der Waals surface area contributed by atoms with E-state index in [1.807, 2.05) is 6.07 Å². The number of nitrogens with zero attached hydrogens (tertiary/aromatic N) is 2. The fourth-order valence-corrected chi connectivity index (χ4v) is 0.670. The summed E-state index contributed by atoms with van der Waals surface area (Å²) in [5.74, 6) is 0. The molecule has 0 aliphatic rings. The van der Waals surface area contributed by atoms with Crippen LogP contribution in [-0.4, -0.2) is 4.98 Å². The molecule has 49 valence electrons. The summed E-state index contributed by atoms with van der Waals surface area (Å²) in [6.45, 7) is 1.76. The first-order valence-corrected chi connectivity index (χ1v) is 3.07. The standard InChI is InChI=1S/C7H4ClN2/c1-5-7(8)2-6(3-9)4-10-5/h2H,1H3. The molecule has 0 atom stereocenters. The third-order valence-electron chi connectivity index (χ3n) is 1.08. The van der Waals surface area contributed by atoms with E-state index in [0.717, 1.165) is 0 Å². The second-order valence-electron chi connectivity index (χ2n) is 1.83. The maximum absolute atomic E-state index is 8.37. The molecule has 0 unspecified atom stereocenters. The quantitative estimate of drug-likeness (QED) is 0.566. The summed E-state index contributed by atoms with van der Waals surface area (Å²) in [5.41, 5.74) is 1.07. The van der Waals surface area contributed by atoms with Crippen LogP contribution in [0.25, 0.3) is 0 Å². The van der Waals surface area contributed by atoms with Crippen molar-refractivity contribution in [3.8, 4) is 6.07 Å². The van der Waals surface area contributed by atoms with Gasteiger partial charge in [0.2, 0.25) is 0 Å². The van der Waals surface area contributed by atoms with Gasteiger partial charge in [0.05, 0.1) is 16.3 Å². The molecule has 1 heterocycles. The maximum atomic E-state index is 8.37. The van der Waals surface area contributed by atoms with Crippen molar-refractivity contribution in [2.75, 3.05) is 0 Å². The third kappa shape index (κ3) is 1.26. The lowest BCUT2D eigenvalue weighted by Gasteiger charge is -1.92. The van der Waals surface area contributed by atoms with E-state index in [1.165, 1.54) is 0 Å². The van der Waals surface area contributed by atoms with Crippen molar-refractivity contribution in [2.45, 2.75) is 6.92 Å². The van der Waals surface area contributed by atoms with Gasteiger partial charge in [-0.15, -0.1) is 0 Å². The van der Waals surface area contributed by atoms with Crippen LogP contribution in [0.5, 0.6) is 0 Å². The summed E-state index contributed by atoms with van der Waals surface area (Å²) in [4.78, 5) is 3.77. The van der Waals surface area contributed by atoms with Crippen LogP contribution in [0.2, 0.25) is 5.02 Å². The topological polar surface area (TPSA) is 36.7 Å². The Hall–Kier alpha value is -1.07. The molecule has 0 spiro atoms. The molecule has 0 N–H and O–H groups in total. The normalized spacial score (nSPS) is 8.90. The Balaban J connectivity index is 3.20. The molecule has 0 aromatic carbocycles. The van der Waals surface area contributed by atoms with E-state index >= 15 is 0 Å². The van der Waals surface area contributed by atoms with Crippen LogP contribution in [0.3, 0.4) is 0 Å². The minimum Gasteiger partial charge on any atom is -0.248 e. The molecule has 0 saturated heterocycles. The minimum absolute atomic E-state index is 0.371. The van der Waals surface area contributed by atoms with Gasteiger partial charge in [-0.05, 0) is 13.0 Å². The van der Waals surface area contributed by atoms with Gasteiger partial charge in [0, 0.05) is 0 Å². The average molecular weight is 152 g/mol. The first kappa shape index (κ1) is 7.04. The van der Waals surface area contributed by atoms with Gasteiger partial charge in [-0.3, -0.25) is 0 Å². The first-order chi connectivity index (χ1) is 4.74. The molecule has 0 aliphatic carbocycles. The van der Waals surface area contributed by atoms with Crippen LogP contribution in [0.1, 0.15) is 11.3 Å². The van der Waals surface area contributed by atoms with Gasteiger partial charge in [0.1, 0.15) is 12.3 Å². The summed E-state index contributed by atoms with van der Waals surface area (Å²) in [6.07, 6.45) is 2.53. The lowest BCUT2D eigenvalue weighted by molar-refractivity contribution is 1.18. The SMILES string of the molecule is Cc1n[c]c(C#N)cc1Cl. The van der Waals surface area contributed by atoms with Crippen molar-refractivity contribution >= 4 is 11.6 Å². The Morgan fingerprint density at radius 2 is 2.50 bits per heavy atom. The van der Waals surface area contributed by atoms with E-state index in [-0.39, 0.29) is 0 Å². The molecule has 1 aromatic heterocycles.